The van der Waals surface area contributed by atoms with E-state index >= 15 is 0 Å². The smallest absolute Gasteiger partial charge is 0.247 e. The van der Waals surface area contributed by atoms with Gasteiger partial charge in [0.25, 0.3) is 0 Å². The van der Waals surface area contributed by atoms with E-state index in [0.717, 1.165) is 6.26 Å². The third kappa shape index (κ3) is 2.82. The van der Waals surface area contributed by atoms with Crippen molar-refractivity contribution in [2.24, 2.45) is 5.73 Å². The van der Waals surface area contributed by atoms with E-state index in [1.165, 1.54) is 21.0 Å². The molecule has 7 nitrogen and oxygen atoms in total. The van der Waals surface area contributed by atoms with E-state index in [0.29, 0.717) is 0 Å². The molecule has 0 bridgehead atoms. The van der Waals surface area contributed by atoms with E-state index in [1.807, 2.05) is 0 Å². The van der Waals surface area contributed by atoms with Crippen LogP contribution in [0.3, 0.4) is 0 Å². The van der Waals surface area contributed by atoms with Crippen LogP contribution in [0, 0.1) is 0 Å². The molecule has 1 atom stereocenters. The minimum atomic E-state index is -3.35. The molecule has 0 aromatic carbocycles. The van der Waals surface area contributed by atoms with E-state index in [4.69, 9.17) is 15.0 Å². The summed E-state index contributed by atoms with van der Waals surface area (Å²) in [7, 11) is -1.85. The van der Waals surface area contributed by atoms with Gasteiger partial charge in [-0.05, 0) is 13.8 Å². The molecular weight excluding hydrogens is 246 g/mol. The second-order valence-corrected chi connectivity index (χ2v) is 6.87. The highest BCUT2D eigenvalue weighted by Crippen LogP contribution is 2.27. The Morgan fingerprint density at radius 2 is 2.12 bits per heavy atom. The van der Waals surface area contributed by atoms with Crippen molar-refractivity contribution in [3.63, 3.8) is 0 Å². The molecule has 0 radical (unpaired) electrons. The summed E-state index contributed by atoms with van der Waals surface area (Å²) in [5.41, 5.74) is 5.71. The third-order valence-electron chi connectivity index (χ3n) is 2.56. The normalized spacial score (nSPS) is 14.9. The number of hydrogen-bond donors (Lipinski definition) is 1. The molecule has 0 amide bonds. The van der Waals surface area contributed by atoms with Crippen LogP contribution < -0.4 is 5.73 Å². The van der Waals surface area contributed by atoms with Crippen molar-refractivity contribution in [2.75, 3.05) is 20.0 Å². The predicted octanol–water partition coefficient (Wildman–Crippen LogP) is -0.00450. The maximum absolute atomic E-state index is 11.6. The van der Waals surface area contributed by atoms with Crippen LogP contribution in [0.1, 0.15) is 31.6 Å². The Balaban J connectivity index is 3.03. The lowest BCUT2D eigenvalue weighted by Crippen LogP contribution is -2.28. The maximum Gasteiger partial charge on any atom is 0.247 e. The molecule has 0 aliphatic carbocycles. The van der Waals surface area contributed by atoms with Gasteiger partial charge in [0.1, 0.15) is 4.75 Å². The van der Waals surface area contributed by atoms with Crippen LogP contribution in [-0.2, 0) is 19.3 Å². The first-order valence-corrected chi connectivity index (χ1v) is 6.87. The SMILES string of the molecule is COCC(N)c1noc(C(C)(C)S(C)(=O)=O)n1. The van der Waals surface area contributed by atoms with Crippen LogP contribution in [0.15, 0.2) is 4.52 Å². The molecule has 0 fully saturated rings. The van der Waals surface area contributed by atoms with E-state index < -0.39 is 20.6 Å². The number of nitrogens with zero attached hydrogens (tertiary/aromatic N) is 2. The number of methoxy groups -OCH3 is 1. The Morgan fingerprint density at radius 3 is 2.59 bits per heavy atom. The minimum Gasteiger partial charge on any atom is -0.383 e. The summed E-state index contributed by atoms with van der Waals surface area (Å²) < 4.78 is 31.7. The molecule has 98 valence electrons. The van der Waals surface area contributed by atoms with Gasteiger partial charge >= 0.3 is 0 Å². The maximum atomic E-state index is 11.6. The number of nitrogens with two attached hydrogens (primary N) is 1. The summed E-state index contributed by atoms with van der Waals surface area (Å²) in [5.74, 6) is 0.264. The molecule has 1 unspecified atom stereocenters. The fourth-order valence-electron chi connectivity index (χ4n) is 1.04. The molecule has 1 aromatic heterocycles. The first-order valence-electron chi connectivity index (χ1n) is 4.98. The zero-order valence-electron chi connectivity index (χ0n) is 10.3. The van der Waals surface area contributed by atoms with Gasteiger partial charge in [-0.1, -0.05) is 5.16 Å². The molecular formula is C9H17N3O4S. The summed E-state index contributed by atoms with van der Waals surface area (Å²) in [6.07, 6.45) is 1.12. The second kappa shape index (κ2) is 4.71. The summed E-state index contributed by atoms with van der Waals surface area (Å²) in [5, 5.41) is 3.66. The van der Waals surface area contributed by atoms with E-state index in [-0.39, 0.29) is 18.3 Å². The molecule has 2 N–H and O–H groups in total. The standard InChI is InChI=1S/C9H17N3O4S/c1-9(2,17(4,13)14)8-11-7(12-16-8)6(10)5-15-3/h6H,5,10H2,1-4H3. The molecule has 1 aromatic rings. The zero-order valence-corrected chi connectivity index (χ0v) is 11.1. The van der Waals surface area contributed by atoms with Gasteiger partial charge in [0, 0.05) is 13.4 Å². The van der Waals surface area contributed by atoms with Crippen molar-refractivity contribution in [1.82, 2.24) is 10.1 Å². The van der Waals surface area contributed by atoms with Gasteiger partial charge in [0.15, 0.2) is 15.7 Å². The first-order chi connectivity index (χ1) is 7.70. The molecule has 1 rings (SSSR count). The fourth-order valence-corrected chi connectivity index (χ4v) is 1.44. The molecule has 0 spiro atoms. The molecule has 0 saturated carbocycles. The Kier molecular flexibility index (Phi) is 3.90. The quantitative estimate of drug-likeness (QED) is 0.796. The summed E-state index contributed by atoms with van der Waals surface area (Å²) in [6.45, 7) is 3.24. The predicted molar refractivity (Wildman–Crippen MR) is 61.0 cm³/mol. The topological polar surface area (TPSA) is 108 Å². The van der Waals surface area contributed by atoms with Crippen LogP contribution in [0.25, 0.3) is 0 Å². The Morgan fingerprint density at radius 1 is 1.53 bits per heavy atom. The molecule has 8 heteroatoms. The van der Waals surface area contributed by atoms with Gasteiger partial charge in [0.2, 0.25) is 5.89 Å². The van der Waals surface area contributed by atoms with Crippen molar-refractivity contribution in [2.45, 2.75) is 24.6 Å². The molecule has 17 heavy (non-hydrogen) atoms. The third-order valence-corrected chi connectivity index (χ3v) is 4.59. The van der Waals surface area contributed by atoms with Crippen molar-refractivity contribution >= 4 is 9.84 Å². The van der Waals surface area contributed by atoms with E-state index in [2.05, 4.69) is 10.1 Å². The van der Waals surface area contributed by atoms with Gasteiger partial charge in [-0.15, -0.1) is 0 Å². The molecule has 0 aliphatic rings. The minimum absolute atomic E-state index is 0.0292. The largest absolute Gasteiger partial charge is 0.383 e. The van der Waals surface area contributed by atoms with Crippen LogP contribution >= 0.6 is 0 Å². The van der Waals surface area contributed by atoms with Gasteiger partial charge < -0.3 is 15.0 Å². The number of rotatable bonds is 5. The summed E-state index contributed by atoms with van der Waals surface area (Å²) >= 11 is 0. The van der Waals surface area contributed by atoms with Crippen LogP contribution in [0.5, 0.6) is 0 Å². The van der Waals surface area contributed by atoms with Crippen LogP contribution in [0.2, 0.25) is 0 Å². The van der Waals surface area contributed by atoms with E-state index in [9.17, 15) is 8.42 Å². The number of aromatic nitrogens is 2. The number of sulfone groups is 1. The fraction of sp³-hybridized carbons (Fsp3) is 0.778. The van der Waals surface area contributed by atoms with Crippen LogP contribution in [-0.4, -0.2) is 38.5 Å². The van der Waals surface area contributed by atoms with E-state index in [1.54, 1.807) is 0 Å². The van der Waals surface area contributed by atoms with Crippen molar-refractivity contribution in [3.8, 4) is 0 Å². The number of hydrogen-bond acceptors (Lipinski definition) is 7. The van der Waals surface area contributed by atoms with Crippen LogP contribution in [0.4, 0.5) is 0 Å². The highest BCUT2D eigenvalue weighted by atomic mass is 32.2. The Bertz CT molecular complexity index is 480. The molecule has 0 saturated heterocycles. The van der Waals surface area contributed by atoms with Crippen molar-refractivity contribution in [1.29, 1.82) is 0 Å². The Hall–Kier alpha value is -0.990. The highest BCUT2D eigenvalue weighted by molar-refractivity contribution is 7.91. The lowest BCUT2D eigenvalue weighted by Gasteiger charge is -2.16. The Labute approximate surface area is 100 Å². The van der Waals surface area contributed by atoms with Gasteiger partial charge in [0.05, 0.1) is 12.6 Å². The molecule has 0 aliphatic heterocycles. The summed E-state index contributed by atoms with van der Waals surface area (Å²) in [6, 6.07) is -0.534. The highest BCUT2D eigenvalue weighted by Gasteiger charge is 2.38. The van der Waals surface area contributed by atoms with Gasteiger partial charge in [-0.2, -0.15) is 4.98 Å². The zero-order chi connectivity index (χ0) is 13.3. The summed E-state index contributed by atoms with van der Waals surface area (Å²) in [4.78, 5) is 4.00. The lowest BCUT2D eigenvalue weighted by molar-refractivity contribution is 0.177. The second-order valence-electron chi connectivity index (χ2n) is 4.30. The van der Waals surface area contributed by atoms with Crippen molar-refractivity contribution in [3.05, 3.63) is 11.7 Å². The van der Waals surface area contributed by atoms with Crippen molar-refractivity contribution < 1.29 is 17.7 Å². The average molecular weight is 263 g/mol. The van der Waals surface area contributed by atoms with Gasteiger partial charge in [-0.3, -0.25) is 0 Å². The van der Waals surface area contributed by atoms with Gasteiger partial charge in [-0.25, -0.2) is 8.42 Å². The lowest BCUT2D eigenvalue weighted by atomic mass is 10.2. The number of ether oxygens (including phenoxy) is 1. The average Bonchev–Trinajstić information content (AvgIpc) is 2.65. The monoisotopic (exact) mass is 263 g/mol. The molecule has 1 heterocycles. The first kappa shape index (κ1) is 14.1.